The Morgan fingerprint density at radius 1 is 0.833 bits per heavy atom. The Kier molecular flexibility index (Phi) is 8.41. The van der Waals surface area contributed by atoms with Crippen molar-refractivity contribution >= 4 is 12.0 Å². The first-order valence-corrected chi connectivity index (χ1v) is 9.49. The molecule has 7 heteroatoms. The topological polar surface area (TPSA) is 66.5 Å². The molecule has 0 saturated carbocycles. The van der Waals surface area contributed by atoms with Gasteiger partial charge in [-0.2, -0.15) is 0 Å². The van der Waals surface area contributed by atoms with E-state index < -0.39 is 0 Å². The summed E-state index contributed by atoms with van der Waals surface area (Å²) >= 11 is 0. The van der Waals surface area contributed by atoms with Crippen molar-refractivity contribution in [2.75, 3.05) is 42.1 Å². The van der Waals surface area contributed by atoms with Gasteiger partial charge in [0.05, 0.1) is 35.5 Å². The second kappa shape index (κ2) is 11.0. The molecule has 162 valence electrons. The lowest BCUT2D eigenvalue weighted by atomic mass is 10.1. The number of hydrogen-bond acceptors (Lipinski definition) is 6. The number of carbonyl (C=O) groups is 1. The van der Waals surface area contributed by atoms with E-state index in [0.717, 1.165) is 11.1 Å². The van der Waals surface area contributed by atoms with Gasteiger partial charge in [-0.15, -0.1) is 0 Å². The predicted octanol–water partition coefficient (Wildman–Crippen LogP) is 3.79. The van der Waals surface area contributed by atoms with Crippen LogP contribution in [-0.4, -0.2) is 52.9 Å². The molecule has 0 aliphatic carbocycles. The van der Waals surface area contributed by atoms with Crippen LogP contribution in [0.25, 0.3) is 6.08 Å². The van der Waals surface area contributed by atoms with Gasteiger partial charge in [-0.1, -0.05) is 6.07 Å². The Morgan fingerprint density at radius 3 is 1.93 bits per heavy atom. The first kappa shape index (κ1) is 22.9. The van der Waals surface area contributed by atoms with Gasteiger partial charge in [-0.05, 0) is 48.4 Å². The van der Waals surface area contributed by atoms with Gasteiger partial charge in [-0.3, -0.25) is 4.79 Å². The maximum Gasteiger partial charge on any atom is 0.246 e. The fourth-order valence-electron chi connectivity index (χ4n) is 3.02. The van der Waals surface area contributed by atoms with Crippen molar-refractivity contribution in [1.82, 2.24) is 4.90 Å². The number of carbonyl (C=O) groups excluding carboxylic acids is 1. The first-order chi connectivity index (χ1) is 14.5. The number of amides is 1. The molecule has 0 aliphatic heterocycles. The number of rotatable bonds is 10. The number of benzene rings is 2. The molecular weight excluding hydrogens is 386 g/mol. The van der Waals surface area contributed by atoms with Gasteiger partial charge in [0.25, 0.3) is 0 Å². The minimum Gasteiger partial charge on any atom is -0.493 e. The summed E-state index contributed by atoms with van der Waals surface area (Å²) in [5.41, 5.74) is 1.71. The minimum absolute atomic E-state index is 0.110. The lowest BCUT2D eigenvalue weighted by molar-refractivity contribution is -0.126. The summed E-state index contributed by atoms with van der Waals surface area (Å²) < 4.78 is 26.7. The Balaban J connectivity index is 2.20. The molecule has 0 saturated heterocycles. The fourth-order valence-corrected chi connectivity index (χ4v) is 3.02. The summed E-state index contributed by atoms with van der Waals surface area (Å²) in [4.78, 5) is 14.5. The molecule has 2 aromatic carbocycles. The van der Waals surface area contributed by atoms with E-state index in [2.05, 4.69) is 0 Å². The second-order valence-electron chi connectivity index (χ2n) is 6.33. The Hall–Kier alpha value is -3.35. The van der Waals surface area contributed by atoms with Gasteiger partial charge in [-0.25, -0.2) is 0 Å². The summed E-state index contributed by atoms with van der Waals surface area (Å²) in [7, 11) is 7.83. The molecular formula is C23H29NO6. The van der Waals surface area contributed by atoms with Crippen LogP contribution in [0, 0.1) is 0 Å². The maximum atomic E-state index is 12.8. The molecule has 0 bridgehead atoms. The summed E-state index contributed by atoms with van der Waals surface area (Å²) in [6, 6.07) is 9.20. The van der Waals surface area contributed by atoms with E-state index in [1.54, 1.807) is 58.7 Å². The monoisotopic (exact) mass is 415 g/mol. The Bertz CT molecular complexity index is 868. The SMILES string of the molecule is CCN(Cc1ccc(OC)c(OC)c1)C(=O)/C=C/c1cc(OC)c(OC)c(OC)c1. The predicted molar refractivity (Wildman–Crippen MR) is 116 cm³/mol. The normalized spacial score (nSPS) is 10.6. The molecule has 0 heterocycles. The van der Waals surface area contributed by atoms with E-state index >= 15 is 0 Å². The Labute approximate surface area is 177 Å². The average molecular weight is 415 g/mol. The van der Waals surface area contributed by atoms with Crippen LogP contribution >= 0.6 is 0 Å². The van der Waals surface area contributed by atoms with Crippen molar-refractivity contribution < 1.29 is 28.5 Å². The molecule has 0 fully saturated rings. The van der Waals surface area contributed by atoms with Crippen LogP contribution in [0.3, 0.4) is 0 Å². The third-order valence-electron chi connectivity index (χ3n) is 4.62. The van der Waals surface area contributed by atoms with Gasteiger partial charge in [0.1, 0.15) is 0 Å². The van der Waals surface area contributed by atoms with Crippen molar-refractivity contribution in [3.63, 3.8) is 0 Å². The summed E-state index contributed by atoms with van der Waals surface area (Å²) in [6.07, 6.45) is 3.26. The number of likely N-dealkylation sites (N-methyl/N-ethyl adjacent to an activating group) is 1. The molecule has 0 unspecified atom stereocenters. The fraction of sp³-hybridized carbons (Fsp3) is 0.348. The van der Waals surface area contributed by atoms with Crippen molar-refractivity contribution in [2.24, 2.45) is 0 Å². The average Bonchev–Trinajstić information content (AvgIpc) is 2.79. The zero-order valence-electron chi connectivity index (χ0n) is 18.4. The van der Waals surface area contributed by atoms with E-state index in [9.17, 15) is 4.79 Å². The van der Waals surface area contributed by atoms with Crippen molar-refractivity contribution in [3.8, 4) is 28.7 Å². The highest BCUT2D eigenvalue weighted by Gasteiger charge is 2.14. The molecule has 7 nitrogen and oxygen atoms in total. The van der Waals surface area contributed by atoms with Gasteiger partial charge < -0.3 is 28.6 Å². The highest BCUT2D eigenvalue weighted by atomic mass is 16.5. The molecule has 0 spiro atoms. The molecule has 0 atom stereocenters. The van der Waals surface area contributed by atoms with Gasteiger partial charge in [0.2, 0.25) is 11.7 Å². The van der Waals surface area contributed by atoms with E-state index in [0.29, 0.717) is 41.8 Å². The van der Waals surface area contributed by atoms with Gasteiger partial charge in [0, 0.05) is 19.2 Å². The third kappa shape index (κ3) is 5.37. The van der Waals surface area contributed by atoms with Crippen molar-refractivity contribution in [3.05, 3.63) is 47.5 Å². The highest BCUT2D eigenvalue weighted by molar-refractivity contribution is 5.92. The largest absolute Gasteiger partial charge is 0.493 e. The van der Waals surface area contributed by atoms with Crippen LogP contribution in [0.1, 0.15) is 18.1 Å². The minimum atomic E-state index is -0.110. The molecule has 1 amide bonds. The molecule has 0 radical (unpaired) electrons. The molecule has 2 rings (SSSR count). The van der Waals surface area contributed by atoms with Crippen LogP contribution < -0.4 is 23.7 Å². The van der Waals surface area contributed by atoms with E-state index in [1.165, 1.54) is 6.08 Å². The summed E-state index contributed by atoms with van der Waals surface area (Å²) in [5, 5.41) is 0. The quantitative estimate of drug-likeness (QED) is 0.550. The number of methoxy groups -OCH3 is 5. The van der Waals surface area contributed by atoms with Gasteiger partial charge >= 0.3 is 0 Å². The lowest BCUT2D eigenvalue weighted by Crippen LogP contribution is -2.28. The van der Waals surface area contributed by atoms with E-state index in [4.69, 9.17) is 23.7 Å². The number of ether oxygens (including phenoxy) is 5. The maximum absolute atomic E-state index is 12.8. The zero-order chi connectivity index (χ0) is 22.1. The zero-order valence-corrected chi connectivity index (χ0v) is 18.4. The third-order valence-corrected chi connectivity index (χ3v) is 4.62. The number of nitrogens with zero attached hydrogens (tertiary/aromatic N) is 1. The number of hydrogen-bond donors (Lipinski definition) is 0. The second-order valence-corrected chi connectivity index (χ2v) is 6.33. The van der Waals surface area contributed by atoms with Crippen LogP contribution in [0.15, 0.2) is 36.4 Å². The van der Waals surface area contributed by atoms with Crippen molar-refractivity contribution in [1.29, 1.82) is 0 Å². The Morgan fingerprint density at radius 2 is 1.43 bits per heavy atom. The van der Waals surface area contributed by atoms with Crippen LogP contribution in [0.2, 0.25) is 0 Å². The summed E-state index contributed by atoms with van der Waals surface area (Å²) in [5.74, 6) is 2.74. The van der Waals surface area contributed by atoms with E-state index in [-0.39, 0.29) is 5.91 Å². The smallest absolute Gasteiger partial charge is 0.246 e. The molecule has 30 heavy (non-hydrogen) atoms. The van der Waals surface area contributed by atoms with Crippen LogP contribution in [0.4, 0.5) is 0 Å². The van der Waals surface area contributed by atoms with Crippen LogP contribution in [-0.2, 0) is 11.3 Å². The highest BCUT2D eigenvalue weighted by Crippen LogP contribution is 2.38. The van der Waals surface area contributed by atoms with Crippen LogP contribution in [0.5, 0.6) is 28.7 Å². The molecule has 0 aromatic heterocycles. The summed E-state index contributed by atoms with van der Waals surface area (Å²) in [6.45, 7) is 2.95. The standard InChI is InChI=1S/C23H29NO6/c1-7-24(15-17-8-10-18(26-2)19(14-17)27-3)22(25)11-9-16-12-20(28-4)23(30-6)21(13-16)29-5/h8-14H,7,15H2,1-6H3/b11-9+. The lowest BCUT2D eigenvalue weighted by Gasteiger charge is -2.20. The van der Waals surface area contributed by atoms with Crippen molar-refractivity contribution in [2.45, 2.75) is 13.5 Å². The molecule has 2 aromatic rings. The molecule has 0 aliphatic rings. The van der Waals surface area contributed by atoms with Gasteiger partial charge in [0.15, 0.2) is 23.0 Å². The van der Waals surface area contributed by atoms with E-state index in [1.807, 2.05) is 25.1 Å². The molecule has 0 N–H and O–H groups in total. The first-order valence-electron chi connectivity index (χ1n) is 9.49.